The number of piperazine rings is 1. The van der Waals surface area contributed by atoms with E-state index < -0.39 is 15.9 Å². The van der Waals surface area contributed by atoms with E-state index in [0.29, 0.717) is 25.5 Å². The molecule has 1 aliphatic rings. The standard InChI is InChI=1S/C15H19N5O3S.ClH/c1-19-8-7-18-15(19)13-10-17-6-9-20(13)24(22,23)12-4-2-11(3-5-12)14(16)21;/h2-5,7-8,13,17H,6,9-10H2,1H3,(H2,16,21);1H. The Bertz CT molecular complexity index is 850. The van der Waals surface area contributed by atoms with Gasteiger partial charge in [-0.25, -0.2) is 13.4 Å². The summed E-state index contributed by atoms with van der Waals surface area (Å²) in [7, 11) is -1.87. The second-order valence-corrected chi connectivity index (χ2v) is 7.51. The number of carbonyl (C=O) groups is 1. The van der Waals surface area contributed by atoms with Gasteiger partial charge in [0.2, 0.25) is 15.9 Å². The van der Waals surface area contributed by atoms with E-state index in [-0.39, 0.29) is 28.9 Å². The zero-order chi connectivity index (χ0) is 17.3. The van der Waals surface area contributed by atoms with Crippen LogP contribution >= 0.6 is 12.4 Å². The van der Waals surface area contributed by atoms with Gasteiger partial charge >= 0.3 is 0 Å². The molecule has 1 amide bonds. The molecule has 0 saturated carbocycles. The summed E-state index contributed by atoms with van der Waals surface area (Å²) in [5, 5.41) is 3.21. The zero-order valence-corrected chi connectivity index (χ0v) is 15.3. The van der Waals surface area contributed by atoms with E-state index in [4.69, 9.17) is 5.73 Å². The molecular formula is C15H20ClN5O3S. The van der Waals surface area contributed by atoms with E-state index in [0.717, 1.165) is 0 Å². The van der Waals surface area contributed by atoms with Crippen molar-refractivity contribution in [3.63, 3.8) is 0 Å². The van der Waals surface area contributed by atoms with Crippen molar-refractivity contribution in [1.29, 1.82) is 0 Å². The number of nitrogens with two attached hydrogens (primary N) is 1. The molecule has 2 heterocycles. The van der Waals surface area contributed by atoms with Gasteiger partial charge < -0.3 is 15.6 Å². The van der Waals surface area contributed by atoms with Gasteiger partial charge in [-0.2, -0.15) is 4.31 Å². The second-order valence-electron chi connectivity index (χ2n) is 5.62. The SMILES string of the molecule is Cl.Cn1ccnc1C1CNCCN1S(=O)(=O)c1ccc(C(N)=O)cc1. The number of halogens is 1. The lowest BCUT2D eigenvalue weighted by molar-refractivity contribution is 0.1000. The average Bonchev–Trinajstić information content (AvgIpc) is 3.01. The van der Waals surface area contributed by atoms with Gasteiger partial charge in [-0.3, -0.25) is 4.79 Å². The van der Waals surface area contributed by atoms with E-state index in [9.17, 15) is 13.2 Å². The molecule has 0 radical (unpaired) electrons. The highest BCUT2D eigenvalue weighted by Gasteiger charge is 2.36. The van der Waals surface area contributed by atoms with E-state index in [1.807, 2.05) is 11.6 Å². The Morgan fingerprint density at radius 2 is 2.00 bits per heavy atom. The predicted molar refractivity (Wildman–Crippen MR) is 94.9 cm³/mol. The number of carbonyl (C=O) groups excluding carboxylic acids is 1. The number of aryl methyl sites for hydroxylation is 1. The van der Waals surface area contributed by atoms with Crippen LogP contribution in [-0.2, 0) is 17.1 Å². The maximum Gasteiger partial charge on any atom is 0.248 e. The summed E-state index contributed by atoms with van der Waals surface area (Å²) in [6.07, 6.45) is 3.44. The Balaban J connectivity index is 0.00000225. The molecule has 1 atom stereocenters. The van der Waals surface area contributed by atoms with Crippen molar-refractivity contribution >= 4 is 28.3 Å². The van der Waals surface area contributed by atoms with Crippen molar-refractivity contribution in [2.45, 2.75) is 10.9 Å². The molecule has 1 aromatic heterocycles. The van der Waals surface area contributed by atoms with Crippen molar-refractivity contribution in [2.75, 3.05) is 19.6 Å². The molecule has 10 heteroatoms. The third kappa shape index (κ3) is 3.69. The Morgan fingerprint density at radius 3 is 2.56 bits per heavy atom. The molecule has 1 saturated heterocycles. The Hall–Kier alpha value is -1.94. The smallest absolute Gasteiger partial charge is 0.248 e. The number of hydrogen-bond acceptors (Lipinski definition) is 5. The number of amides is 1. The van der Waals surface area contributed by atoms with Crippen LogP contribution in [0.25, 0.3) is 0 Å². The summed E-state index contributed by atoms with van der Waals surface area (Å²) < 4.78 is 29.3. The maximum absolute atomic E-state index is 13.0. The highest BCUT2D eigenvalue weighted by Crippen LogP contribution is 2.28. The van der Waals surface area contributed by atoms with Gasteiger partial charge in [0.25, 0.3) is 0 Å². The maximum atomic E-state index is 13.0. The number of aromatic nitrogens is 2. The minimum atomic E-state index is -3.71. The second kappa shape index (κ2) is 7.52. The third-order valence-electron chi connectivity index (χ3n) is 4.10. The fourth-order valence-corrected chi connectivity index (χ4v) is 4.40. The predicted octanol–water partition coefficient (Wildman–Crippen LogP) is 0.276. The van der Waals surface area contributed by atoms with Crippen LogP contribution in [0.5, 0.6) is 0 Å². The fraction of sp³-hybridized carbons (Fsp3) is 0.333. The molecule has 1 unspecified atom stereocenters. The molecular weight excluding hydrogens is 366 g/mol. The van der Waals surface area contributed by atoms with E-state index in [1.54, 1.807) is 12.4 Å². The molecule has 2 aromatic rings. The van der Waals surface area contributed by atoms with E-state index in [1.165, 1.54) is 28.6 Å². The molecule has 1 fully saturated rings. The monoisotopic (exact) mass is 385 g/mol. The number of rotatable bonds is 4. The number of benzene rings is 1. The molecule has 3 rings (SSSR count). The Kier molecular flexibility index (Phi) is 5.83. The van der Waals surface area contributed by atoms with Crippen LogP contribution in [0.15, 0.2) is 41.6 Å². The summed E-state index contributed by atoms with van der Waals surface area (Å²) in [5.41, 5.74) is 5.47. The van der Waals surface area contributed by atoms with Crippen LogP contribution in [0.2, 0.25) is 0 Å². The van der Waals surface area contributed by atoms with Crippen molar-refractivity contribution in [3.05, 3.63) is 48.0 Å². The summed E-state index contributed by atoms with van der Waals surface area (Å²) in [4.78, 5) is 15.6. The van der Waals surface area contributed by atoms with Gasteiger partial charge in [0, 0.05) is 44.6 Å². The van der Waals surface area contributed by atoms with Crippen LogP contribution < -0.4 is 11.1 Å². The van der Waals surface area contributed by atoms with Crippen LogP contribution in [0.3, 0.4) is 0 Å². The Labute approximate surface area is 152 Å². The number of imidazole rings is 1. The largest absolute Gasteiger partial charge is 0.366 e. The number of hydrogen-bond donors (Lipinski definition) is 2. The number of nitrogens with one attached hydrogen (secondary N) is 1. The molecule has 1 aromatic carbocycles. The van der Waals surface area contributed by atoms with Crippen LogP contribution in [0, 0.1) is 0 Å². The molecule has 0 aliphatic carbocycles. The molecule has 25 heavy (non-hydrogen) atoms. The third-order valence-corrected chi connectivity index (χ3v) is 6.02. The fourth-order valence-electron chi connectivity index (χ4n) is 2.82. The lowest BCUT2D eigenvalue weighted by atomic mass is 10.2. The number of nitrogens with zero attached hydrogens (tertiary/aromatic N) is 3. The first kappa shape index (κ1) is 19.4. The van der Waals surface area contributed by atoms with Gasteiger partial charge in [0.1, 0.15) is 5.82 Å². The minimum Gasteiger partial charge on any atom is -0.366 e. The highest BCUT2D eigenvalue weighted by molar-refractivity contribution is 7.89. The average molecular weight is 386 g/mol. The van der Waals surface area contributed by atoms with Crippen molar-refractivity contribution < 1.29 is 13.2 Å². The van der Waals surface area contributed by atoms with Gasteiger partial charge in [0.05, 0.1) is 10.9 Å². The summed E-state index contributed by atoms with van der Waals surface area (Å²) in [6.45, 7) is 1.40. The number of primary amides is 1. The van der Waals surface area contributed by atoms with Gasteiger partial charge in [-0.15, -0.1) is 12.4 Å². The first-order chi connectivity index (χ1) is 11.4. The van der Waals surface area contributed by atoms with E-state index in [2.05, 4.69) is 10.3 Å². The summed E-state index contributed by atoms with van der Waals surface area (Å²) in [5.74, 6) is 0.0894. The first-order valence-electron chi connectivity index (χ1n) is 7.51. The van der Waals surface area contributed by atoms with Crippen molar-refractivity contribution in [2.24, 2.45) is 12.8 Å². The lowest BCUT2D eigenvalue weighted by Crippen LogP contribution is -2.49. The molecule has 1 aliphatic heterocycles. The molecule has 8 nitrogen and oxygen atoms in total. The molecule has 3 N–H and O–H groups in total. The van der Waals surface area contributed by atoms with Gasteiger partial charge in [-0.05, 0) is 24.3 Å². The van der Waals surface area contributed by atoms with Crippen molar-refractivity contribution in [1.82, 2.24) is 19.2 Å². The minimum absolute atomic E-state index is 0. The lowest BCUT2D eigenvalue weighted by Gasteiger charge is -2.34. The van der Waals surface area contributed by atoms with Crippen molar-refractivity contribution in [3.8, 4) is 0 Å². The summed E-state index contributed by atoms with van der Waals surface area (Å²) in [6, 6.07) is 5.28. The normalized spacial score (nSPS) is 18.5. The van der Waals surface area contributed by atoms with Gasteiger partial charge in [-0.1, -0.05) is 0 Å². The molecule has 0 bridgehead atoms. The van der Waals surface area contributed by atoms with Gasteiger partial charge in [0.15, 0.2) is 0 Å². The molecule has 136 valence electrons. The molecule has 0 spiro atoms. The topological polar surface area (TPSA) is 110 Å². The van der Waals surface area contributed by atoms with Crippen LogP contribution in [0.1, 0.15) is 22.2 Å². The number of sulfonamides is 1. The van der Waals surface area contributed by atoms with Crippen LogP contribution in [0.4, 0.5) is 0 Å². The first-order valence-corrected chi connectivity index (χ1v) is 8.95. The summed E-state index contributed by atoms with van der Waals surface area (Å²) >= 11 is 0. The van der Waals surface area contributed by atoms with E-state index >= 15 is 0 Å². The Morgan fingerprint density at radius 1 is 1.32 bits per heavy atom. The highest BCUT2D eigenvalue weighted by atomic mass is 35.5. The van der Waals surface area contributed by atoms with Crippen LogP contribution in [-0.4, -0.2) is 47.8 Å². The quantitative estimate of drug-likeness (QED) is 0.785. The zero-order valence-electron chi connectivity index (χ0n) is 13.6.